The van der Waals surface area contributed by atoms with Gasteiger partial charge >= 0.3 is 0 Å². The topological polar surface area (TPSA) is 58.4 Å². The molecule has 1 saturated heterocycles. The van der Waals surface area contributed by atoms with Gasteiger partial charge in [0.15, 0.2) is 5.76 Å². The molecule has 0 aromatic carbocycles. The van der Waals surface area contributed by atoms with Crippen molar-refractivity contribution in [1.29, 1.82) is 0 Å². The predicted molar refractivity (Wildman–Crippen MR) is 104 cm³/mol. The molecule has 1 aliphatic rings. The number of carbonyl (C=O) groups excluding carboxylic acids is 1. The van der Waals surface area contributed by atoms with E-state index < -0.39 is 0 Å². The summed E-state index contributed by atoms with van der Waals surface area (Å²) in [6, 6.07) is 7.42. The summed E-state index contributed by atoms with van der Waals surface area (Å²) in [4.78, 5) is 19.2. The van der Waals surface area contributed by atoms with Crippen LogP contribution in [-0.2, 0) is 0 Å². The predicted octanol–water partition coefficient (Wildman–Crippen LogP) is 3.57. The summed E-state index contributed by atoms with van der Waals surface area (Å²) in [5.41, 5.74) is 2.20. The van der Waals surface area contributed by atoms with Crippen molar-refractivity contribution in [2.75, 3.05) is 26.7 Å². The Bertz CT molecular complexity index is 669. The molecule has 7 heteroatoms. The Hall–Kier alpha value is -1.56. The van der Waals surface area contributed by atoms with E-state index in [2.05, 4.69) is 10.3 Å². The summed E-state index contributed by atoms with van der Waals surface area (Å²) in [6.45, 7) is 4.56. The molecule has 3 rings (SSSR count). The van der Waals surface area contributed by atoms with Gasteiger partial charge in [-0.3, -0.25) is 4.79 Å². The summed E-state index contributed by atoms with van der Waals surface area (Å²) in [7, 11) is 1.98. The van der Waals surface area contributed by atoms with Crippen molar-refractivity contribution in [2.24, 2.45) is 5.92 Å². The van der Waals surface area contributed by atoms with Gasteiger partial charge in [0.2, 0.25) is 0 Å². The van der Waals surface area contributed by atoms with Gasteiger partial charge in [0, 0.05) is 13.1 Å². The third-order valence-electron chi connectivity index (χ3n) is 4.48. The molecule has 0 aliphatic carbocycles. The van der Waals surface area contributed by atoms with Gasteiger partial charge in [-0.05, 0) is 63.5 Å². The molecule has 25 heavy (non-hydrogen) atoms. The standard InChI is InChI=1S/C18H23N3O2.2ClH/c1-13-15(5-6-16(20-13)17-4-3-11-23-17)18(22)21-9-7-14(8-10-21)12-19-2;;/h3-6,11,14,19H,7-10,12H2,1-2H3;2*1H. The van der Waals surface area contributed by atoms with Crippen LogP contribution in [0.4, 0.5) is 0 Å². The first kappa shape index (κ1) is 21.5. The molecular formula is C18H25Cl2N3O2. The largest absolute Gasteiger partial charge is 0.463 e. The van der Waals surface area contributed by atoms with E-state index in [4.69, 9.17) is 4.42 Å². The van der Waals surface area contributed by atoms with E-state index in [1.807, 2.05) is 43.1 Å². The lowest BCUT2D eigenvalue weighted by molar-refractivity contribution is 0.0689. The van der Waals surface area contributed by atoms with Crippen LogP contribution in [0, 0.1) is 12.8 Å². The van der Waals surface area contributed by atoms with E-state index in [0.717, 1.165) is 49.6 Å². The second-order valence-electron chi connectivity index (χ2n) is 6.10. The van der Waals surface area contributed by atoms with Crippen LogP contribution in [0.25, 0.3) is 11.5 Å². The second kappa shape index (κ2) is 9.80. The van der Waals surface area contributed by atoms with Gasteiger partial charge in [-0.1, -0.05) is 0 Å². The second-order valence-corrected chi connectivity index (χ2v) is 6.10. The number of nitrogens with one attached hydrogen (secondary N) is 1. The van der Waals surface area contributed by atoms with Crippen LogP contribution < -0.4 is 5.32 Å². The fraction of sp³-hybridized carbons (Fsp3) is 0.444. The summed E-state index contributed by atoms with van der Waals surface area (Å²) < 4.78 is 5.36. The van der Waals surface area contributed by atoms with Gasteiger partial charge in [0.05, 0.1) is 17.5 Å². The maximum absolute atomic E-state index is 12.7. The van der Waals surface area contributed by atoms with E-state index in [1.165, 1.54) is 0 Å². The number of carbonyl (C=O) groups is 1. The van der Waals surface area contributed by atoms with E-state index in [-0.39, 0.29) is 30.7 Å². The van der Waals surface area contributed by atoms with Gasteiger partial charge in [0.25, 0.3) is 5.91 Å². The van der Waals surface area contributed by atoms with E-state index in [1.54, 1.807) is 6.26 Å². The number of nitrogens with zero attached hydrogens (tertiary/aromatic N) is 2. The highest BCUT2D eigenvalue weighted by Gasteiger charge is 2.24. The van der Waals surface area contributed by atoms with Crippen LogP contribution in [0.15, 0.2) is 34.9 Å². The number of piperidine rings is 1. The summed E-state index contributed by atoms with van der Waals surface area (Å²) >= 11 is 0. The third-order valence-corrected chi connectivity index (χ3v) is 4.48. The first-order valence-corrected chi connectivity index (χ1v) is 8.14. The van der Waals surface area contributed by atoms with Crippen LogP contribution in [-0.4, -0.2) is 42.5 Å². The van der Waals surface area contributed by atoms with E-state index >= 15 is 0 Å². The molecule has 0 saturated carbocycles. The lowest BCUT2D eigenvalue weighted by atomic mass is 9.96. The zero-order chi connectivity index (χ0) is 16.2. The number of aromatic nitrogens is 1. The van der Waals surface area contributed by atoms with Crippen LogP contribution in [0.1, 0.15) is 28.9 Å². The lowest BCUT2D eigenvalue weighted by Crippen LogP contribution is -2.40. The van der Waals surface area contributed by atoms with Crippen molar-refractivity contribution in [2.45, 2.75) is 19.8 Å². The van der Waals surface area contributed by atoms with Crippen LogP contribution in [0.3, 0.4) is 0 Å². The minimum Gasteiger partial charge on any atom is -0.463 e. The van der Waals surface area contributed by atoms with Crippen molar-refractivity contribution in [3.05, 3.63) is 41.8 Å². The molecule has 1 N–H and O–H groups in total. The zero-order valence-electron chi connectivity index (χ0n) is 14.5. The van der Waals surface area contributed by atoms with Crippen molar-refractivity contribution < 1.29 is 9.21 Å². The minimum atomic E-state index is 0. The average Bonchev–Trinajstić information content (AvgIpc) is 3.10. The molecule has 3 heterocycles. The van der Waals surface area contributed by atoms with E-state index in [9.17, 15) is 4.79 Å². The highest BCUT2D eigenvalue weighted by atomic mass is 35.5. The number of pyridine rings is 1. The highest BCUT2D eigenvalue weighted by Crippen LogP contribution is 2.22. The van der Waals surface area contributed by atoms with Gasteiger partial charge in [0.1, 0.15) is 5.69 Å². The molecule has 1 aliphatic heterocycles. The summed E-state index contributed by atoms with van der Waals surface area (Å²) in [6.07, 6.45) is 3.74. The monoisotopic (exact) mass is 385 g/mol. The maximum Gasteiger partial charge on any atom is 0.255 e. The molecule has 0 atom stereocenters. The molecule has 2 aromatic heterocycles. The zero-order valence-corrected chi connectivity index (χ0v) is 16.2. The van der Waals surface area contributed by atoms with Gasteiger partial charge in [-0.25, -0.2) is 4.98 Å². The number of likely N-dealkylation sites (tertiary alicyclic amines) is 1. The normalized spacial score (nSPS) is 14.6. The number of rotatable bonds is 4. The molecule has 138 valence electrons. The van der Waals surface area contributed by atoms with Gasteiger partial charge in [-0.15, -0.1) is 24.8 Å². The summed E-state index contributed by atoms with van der Waals surface area (Å²) in [5.74, 6) is 1.48. The van der Waals surface area contributed by atoms with E-state index in [0.29, 0.717) is 11.5 Å². The Morgan fingerprint density at radius 3 is 2.56 bits per heavy atom. The molecule has 1 fully saturated rings. The van der Waals surface area contributed by atoms with Crippen molar-refractivity contribution in [3.8, 4) is 11.5 Å². The molecular weight excluding hydrogens is 361 g/mol. The first-order valence-electron chi connectivity index (χ1n) is 8.14. The first-order chi connectivity index (χ1) is 11.2. The Kier molecular flexibility index (Phi) is 8.42. The molecule has 2 aromatic rings. The number of halogens is 2. The smallest absolute Gasteiger partial charge is 0.255 e. The highest BCUT2D eigenvalue weighted by molar-refractivity contribution is 5.95. The Morgan fingerprint density at radius 1 is 1.28 bits per heavy atom. The fourth-order valence-corrected chi connectivity index (χ4v) is 3.15. The molecule has 0 unspecified atom stereocenters. The number of furan rings is 1. The lowest BCUT2D eigenvalue weighted by Gasteiger charge is -2.32. The number of hydrogen-bond acceptors (Lipinski definition) is 4. The third kappa shape index (κ3) is 4.97. The minimum absolute atomic E-state index is 0. The maximum atomic E-state index is 12.7. The average molecular weight is 386 g/mol. The van der Waals surface area contributed by atoms with Crippen LogP contribution in [0.2, 0.25) is 0 Å². The molecule has 1 amide bonds. The van der Waals surface area contributed by atoms with Crippen LogP contribution >= 0.6 is 24.8 Å². The Balaban J connectivity index is 0.00000156. The number of amides is 1. The van der Waals surface area contributed by atoms with Crippen molar-refractivity contribution in [3.63, 3.8) is 0 Å². The SMILES string of the molecule is CNCC1CCN(C(=O)c2ccc(-c3ccco3)nc2C)CC1.Cl.Cl. The summed E-state index contributed by atoms with van der Waals surface area (Å²) in [5, 5.41) is 3.22. The number of hydrogen-bond donors (Lipinski definition) is 1. The molecule has 0 spiro atoms. The van der Waals surface area contributed by atoms with Gasteiger partial charge in [-0.2, -0.15) is 0 Å². The van der Waals surface area contributed by atoms with Gasteiger partial charge < -0.3 is 14.6 Å². The van der Waals surface area contributed by atoms with Crippen LogP contribution in [0.5, 0.6) is 0 Å². The Morgan fingerprint density at radius 2 is 2.00 bits per heavy atom. The number of aryl methyl sites for hydroxylation is 1. The molecule has 0 bridgehead atoms. The Labute approximate surface area is 161 Å². The molecule has 5 nitrogen and oxygen atoms in total. The fourth-order valence-electron chi connectivity index (χ4n) is 3.15. The van der Waals surface area contributed by atoms with Crippen molar-refractivity contribution in [1.82, 2.24) is 15.2 Å². The molecule has 0 radical (unpaired) electrons. The quantitative estimate of drug-likeness (QED) is 0.873. The van der Waals surface area contributed by atoms with Crippen molar-refractivity contribution >= 4 is 30.7 Å².